The predicted molar refractivity (Wildman–Crippen MR) is 38.9 cm³/mol. The van der Waals surface area contributed by atoms with Gasteiger partial charge in [0.25, 0.3) is 0 Å². The first-order valence-electron chi connectivity index (χ1n) is 4.36. The van der Waals surface area contributed by atoms with E-state index in [1.165, 1.54) is 0 Å². The van der Waals surface area contributed by atoms with Crippen LogP contribution < -0.4 is 5.11 Å². The van der Waals surface area contributed by atoms with E-state index in [0.717, 1.165) is 24.2 Å². The minimum absolute atomic E-state index is 0.169. The van der Waals surface area contributed by atoms with Crippen molar-refractivity contribution in [3.63, 3.8) is 0 Å². The van der Waals surface area contributed by atoms with E-state index >= 15 is 0 Å². The number of rotatable bonds is 0. The number of amides is 1. The topological polar surface area (TPSA) is 63.6 Å². The molecule has 0 bridgehead atoms. The SMILES string of the molecule is O=C([O-])N1CC2CCCC2C1O. The fourth-order valence-corrected chi connectivity index (χ4v) is 2.46. The number of aliphatic hydroxyl groups is 1. The van der Waals surface area contributed by atoms with Gasteiger partial charge < -0.3 is 19.9 Å². The van der Waals surface area contributed by atoms with Gasteiger partial charge in [-0.05, 0) is 18.8 Å². The Hall–Kier alpha value is -0.770. The van der Waals surface area contributed by atoms with Crippen LogP contribution in [0.15, 0.2) is 0 Å². The Kier molecular flexibility index (Phi) is 1.72. The number of carboxylic acid groups (broad SMARTS) is 1. The highest BCUT2D eigenvalue weighted by atomic mass is 16.4. The quantitative estimate of drug-likeness (QED) is 0.527. The summed E-state index contributed by atoms with van der Waals surface area (Å²) in [5.74, 6) is 0.542. The van der Waals surface area contributed by atoms with Gasteiger partial charge in [0.1, 0.15) is 12.3 Å². The van der Waals surface area contributed by atoms with Crippen LogP contribution in [0.4, 0.5) is 4.79 Å². The normalized spacial score (nSPS) is 40.1. The second-order valence-electron chi connectivity index (χ2n) is 3.69. The van der Waals surface area contributed by atoms with E-state index < -0.39 is 12.3 Å². The van der Waals surface area contributed by atoms with Gasteiger partial charge in [0.2, 0.25) is 0 Å². The first kappa shape index (κ1) is 7.86. The van der Waals surface area contributed by atoms with Crippen molar-refractivity contribution in [2.75, 3.05) is 6.54 Å². The minimum atomic E-state index is -1.24. The van der Waals surface area contributed by atoms with E-state index in [0.29, 0.717) is 12.5 Å². The second kappa shape index (κ2) is 2.62. The summed E-state index contributed by atoms with van der Waals surface area (Å²) in [4.78, 5) is 11.5. The third kappa shape index (κ3) is 0.982. The summed E-state index contributed by atoms with van der Waals surface area (Å²) in [6, 6.07) is 0. The Bertz CT molecular complexity index is 206. The van der Waals surface area contributed by atoms with Crippen molar-refractivity contribution in [2.45, 2.75) is 25.5 Å². The maximum absolute atomic E-state index is 10.5. The molecule has 3 unspecified atom stereocenters. The fraction of sp³-hybridized carbons (Fsp3) is 0.875. The van der Waals surface area contributed by atoms with E-state index in [1.54, 1.807) is 0 Å². The predicted octanol–water partition coefficient (Wildman–Crippen LogP) is -0.620. The Morgan fingerprint density at radius 1 is 1.50 bits per heavy atom. The molecule has 2 aliphatic rings. The smallest absolute Gasteiger partial charge is 0.139 e. The Morgan fingerprint density at radius 2 is 2.25 bits per heavy atom. The fourth-order valence-electron chi connectivity index (χ4n) is 2.46. The van der Waals surface area contributed by atoms with Crippen molar-refractivity contribution < 1.29 is 15.0 Å². The summed E-state index contributed by atoms with van der Waals surface area (Å²) < 4.78 is 0. The molecule has 2 fully saturated rings. The number of carbonyl (C=O) groups excluding carboxylic acids is 1. The summed E-state index contributed by atoms with van der Waals surface area (Å²) in [5, 5.41) is 20.0. The van der Waals surface area contributed by atoms with E-state index in [4.69, 9.17) is 0 Å². The van der Waals surface area contributed by atoms with Gasteiger partial charge in [-0.15, -0.1) is 0 Å². The van der Waals surface area contributed by atoms with Crippen molar-refractivity contribution >= 4 is 6.09 Å². The Balaban J connectivity index is 2.10. The van der Waals surface area contributed by atoms with Gasteiger partial charge in [-0.25, -0.2) is 0 Å². The number of hydrogen-bond acceptors (Lipinski definition) is 3. The molecule has 3 atom stereocenters. The third-order valence-electron chi connectivity index (χ3n) is 3.09. The first-order chi connectivity index (χ1) is 5.70. The van der Waals surface area contributed by atoms with Crippen LogP contribution in [0.25, 0.3) is 0 Å². The highest BCUT2D eigenvalue weighted by Gasteiger charge is 2.43. The molecule has 1 saturated heterocycles. The van der Waals surface area contributed by atoms with Crippen molar-refractivity contribution in [3.05, 3.63) is 0 Å². The number of hydrogen-bond donors (Lipinski definition) is 1. The number of likely N-dealkylation sites (tertiary alicyclic amines) is 1. The maximum Gasteiger partial charge on any atom is 0.139 e. The number of nitrogens with zero attached hydrogens (tertiary/aromatic N) is 1. The highest BCUT2D eigenvalue weighted by molar-refractivity contribution is 5.63. The van der Waals surface area contributed by atoms with Gasteiger partial charge in [-0.2, -0.15) is 0 Å². The van der Waals surface area contributed by atoms with E-state index in [9.17, 15) is 15.0 Å². The van der Waals surface area contributed by atoms with Crippen LogP contribution in [0.2, 0.25) is 0 Å². The van der Waals surface area contributed by atoms with Gasteiger partial charge in [-0.3, -0.25) is 0 Å². The zero-order valence-electron chi connectivity index (χ0n) is 6.77. The molecule has 12 heavy (non-hydrogen) atoms. The number of fused-ring (bicyclic) bond motifs is 1. The van der Waals surface area contributed by atoms with Gasteiger partial charge in [-0.1, -0.05) is 6.42 Å². The van der Waals surface area contributed by atoms with Gasteiger partial charge in [0.05, 0.1) is 0 Å². The van der Waals surface area contributed by atoms with E-state index in [1.807, 2.05) is 0 Å². The third-order valence-corrected chi connectivity index (χ3v) is 3.09. The molecule has 0 aromatic rings. The molecule has 0 spiro atoms. The zero-order chi connectivity index (χ0) is 8.72. The van der Waals surface area contributed by atoms with Crippen molar-refractivity contribution in [1.29, 1.82) is 0 Å². The molecule has 2 rings (SSSR count). The van der Waals surface area contributed by atoms with Crippen LogP contribution in [0, 0.1) is 11.8 Å². The van der Waals surface area contributed by atoms with Crippen LogP contribution in [0.5, 0.6) is 0 Å². The second-order valence-corrected chi connectivity index (χ2v) is 3.69. The summed E-state index contributed by atoms with van der Waals surface area (Å²) in [6.45, 7) is 0.466. The summed E-state index contributed by atoms with van der Waals surface area (Å²) >= 11 is 0. The highest BCUT2D eigenvalue weighted by Crippen LogP contribution is 2.40. The van der Waals surface area contributed by atoms with Crippen molar-refractivity contribution in [2.24, 2.45) is 11.8 Å². The standard InChI is InChI=1S/C8H13NO3/c10-7-6-3-1-2-5(6)4-9(7)8(11)12/h5-7,10H,1-4H2,(H,11,12)/p-1. The summed E-state index contributed by atoms with van der Waals surface area (Å²) in [7, 11) is 0. The molecular weight excluding hydrogens is 158 g/mol. The van der Waals surface area contributed by atoms with Crippen LogP contribution in [0.1, 0.15) is 19.3 Å². The minimum Gasteiger partial charge on any atom is -0.530 e. The van der Waals surface area contributed by atoms with Gasteiger partial charge >= 0.3 is 0 Å². The van der Waals surface area contributed by atoms with Crippen LogP contribution in [0.3, 0.4) is 0 Å². The molecule has 0 radical (unpaired) electrons. The van der Waals surface area contributed by atoms with Crippen molar-refractivity contribution in [3.8, 4) is 0 Å². The Morgan fingerprint density at radius 3 is 2.83 bits per heavy atom. The average Bonchev–Trinajstić information content (AvgIpc) is 2.53. The summed E-state index contributed by atoms with van der Waals surface area (Å²) in [5.41, 5.74) is 0. The lowest BCUT2D eigenvalue weighted by atomic mass is 10.00. The van der Waals surface area contributed by atoms with Crippen molar-refractivity contribution in [1.82, 2.24) is 4.90 Å². The molecule has 1 N–H and O–H groups in total. The van der Waals surface area contributed by atoms with Crippen LogP contribution >= 0.6 is 0 Å². The Labute approximate surface area is 70.8 Å². The molecular formula is C8H12NO3-. The lowest BCUT2D eigenvalue weighted by Gasteiger charge is -2.25. The molecule has 4 nitrogen and oxygen atoms in total. The van der Waals surface area contributed by atoms with Gasteiger partial charge in [0.15, 0.2) is 0 Å². The molecule has 1 amide bonds. The lowest BCUT2D eigenvalue weighted by Crippen LogP contribution is -2.45. The molecule has 0 aromatic carbocycles. The van der Waals surface area contributed by atoms with Gasteiger partial charge in [0, 0.05) is 12.5 Å². The van der Waals surface area contributed by atoms with E-state index in [-0.39, 0.29) is 5.92 Å². The molecule has 1 saturated carbocycles. The summed E-state index contributed by atoms with van der Waals surface area (Å²) in [6.07, 6.45) is 1.08. The molecule has 68 valence electrons. The lowest BCUT2D eigenvalue weighted by molar-refractivity contribution is -0.272. The largest absolute Gasteiger partial charge is 0.530 e. The molecule has 4 heteroatoms. The number of aliphatic hydroxyl groups excluding tert-OH is 1. The molecule has 1 aliphatic heterocycles. The average molecular weight is 170 g/mol. The monoisotopic (exact) mass is 170 g/mol. The van der Waals surface area contributed by atoms with Crippen LogP contribution in [-0.4, -0.2) is 28.9 Å². The molecule has 0 aromatic heterocycles. The molecule has 1 aliphatic carbocycles. The molecule has 1 heterocycles. The number of carbonyl (C=O) groups is 1. The first-order valence-corrected chi connectivity index (χ1v) is 4.36. The zero-order valence-corrected chi connectivity index (χ0v) is 6.77. The van der Waals surface area contributed by atoms with E-state index in [2.05, 4.69) is 0 Å². The maximum atomic E-state index is 10.5. The van der Waals surface area contributed by atoms with Crippen LogP contribution in [-0.2, 0) is 0 Å².